The highest BCUT2D eigenvalue weighted by molar-refractivity contribution is 6.30. The molecule has 0 spiro atoms. The molecule has 0 saturated carbocycles. The van der Waals surface area contributed by atoms with Gasteiger partial charge in [-0.2, -0.15) is 0 Å². The van der Waals surface area contributed by atoms with E-state index in [1.807, 2.05) is 57.2 Å². The lowest BCUT2D eigenvalue weighted by atomic mass is 9.87. The smallest absolute Gasteiger partial charge is 0.261 e. The highest BCUT2D eigenvalue weighted by Gasteiger charge is 2.28. The summed E-state index contributed by atoms with van der Waals surface area (Å²) in [7, 11) is 0. The maximum Gasteiger partial charge on any atom is 0.261 e. The van der Waals surface area contributed by atoms with Crippen molar-refractivity contribution >= 4 is 23.4 Å². The van der Waals surface area contributed by atoms with Gasteiger partial charge in [0.25, 0.3) is 5.91 Å². The van der Waals surface area contributed by atoms with E-state index in [-0.39, 0.29) is 30.4 Å². The van der Waals surface area contributed by atoms with E-state index in [2.05, 4.69) is 26.1 Å². The van der Waals surface area contributed by atoms with Crippen LogP contribution in [-0.4, -0.2) is 34.9 Å². The summed E-state index contributed by atoms with van der Waals surface area (Å²) in [5, 5.41) is 3.57. The summed E-state index contributed by atoms with van der Waals surface area (Å²) in [4.78, 5) is 27.4. The molecular formula is C26H35ClN2O3. The lowest BCUT2D eigenvalue weighted by Gasteiger charge is -2.31. The molecule has 1 N–H and O–H groups in total. The number of rotatable bonds is 7. The SMILES string of the molecule is C[C@H](C(=O)NC(C)(C)C)N(Cc1ccc(Cl)cc1)C(=O)COc1ccc(C(C)(C)C)cc1. The van der Waals surface area contributed by atoms with Crippen LogP contribution in [0, 0.1) is 0 Å². The van der Waals surface area contributed by atoms with Crippen LogP contribution in [-0.2, 0) is 21.5 Å². The van der Waals surface area contributed by atoms with Gasteiger partial charge in [-0.15, -0.1) is 0 Å². The van der Waals surface area contributed by atoms with Gasteiger partial charge in [0.1, 0.15) is 11.8 Å². The molecule has 1 atom stereocenters. The maximum absolute atomic E-state index is 13.1. The van der Waals surface area contributed by atoms with Gasteiger partial charge < -0.3 is 15.0 Å². The fourth-order valence-corrected chi connectivity index (χ4v) is 3.25. The Morgan fingerprint density at radius 2 is 1.53 bits per heavy atom. The minimum atomic E-state index is -0.663. The summed E-state index contributed by atoms with van der Waals surface area (Å²) in [6.45, 7) is 14.0. The first-order valence-corrected chi connectivity index (χ1v) is 11.2. The number of hydrogen-bond acceptors (Lipinski definition) is 3. The zero-order valence-corrected chi connectivity index (χ0v) is 20.9. The molecule has 0 aliphatic rings. The minimum absolute atomic E-state index is 0.0412. The average molecular weight is 459 g/mol. The van der Waals surface area contributed by atoms with Gasteiger partial charge in [0, 0.05) is 17.1 Å². The minimum Gasteiger partial charge on any atom is -0.484 e. The molecule has 0 aliphatic carbocycles. The predicted molar refractivity (Wildman–Crippen MR) is 130 cm³/mol. The Kier molecular flexibility index (Phi) is 8.35. The Morgan fingerprint density at radius 3 is 2.03 bits per heavy atom. The van der Waals surface area contributed by atoms with E-state index in [1.165, 1.54) is 10.5 Å². The number of benzene rings is 2. The molecule has 0 bridgehead atoms. The number of carbonyl (C=O) groups is 2. The fourth-order valence-electron chi connectivity index (χ4n) is 3.12. The monoisotopic (exact) mass is 458 g/mol. The van der Waals surface area contributed by atoms with E-state index in [4.69, 9.17) is 16.3 Å². The molecule has 0 aromatic heterocycles. The van der Waals surface area contributed by atoms with Crippen molar-refractivity contribution < 1.29 is 14.3 Å². The first-order valence-electron chi connectivity index (χ1n) is 10.9. The zero-order valence-electron chi connectivity index (χ0n) is 20.2. The van der Waals surface area contributed by atoms with Gasteiger partial charge in [-0.05, 0) is 68.5 Å². The molecule has 0 heterocycles. The second-order valence-electron chi connectivity index (χ2n) is 10.1. The topological polar surface area (TPSA) is 58.6 Å². The summed E-state index contributed by atoms with van der Waals surface area (Å²) in [5.74, 6) is 0.135. The molecule has 2 aromatic carbocycles. The molecule has 0 fully saturated rings. The van der Waals surface area contributed by atoms with Crippen LogP contribution in [0.3, 0.4) is 0 Å². The lowest BCUT2D eigenvalue weighted by Crippen LogP contribution is -2.53. The van der Waals surface area contributed by atoms with E-state index in [1.54, 1.807) is 19.1 Å². The van der Waals surface area contributed by atoms with Crippen molar-refractivity contribution in [3.63, 3.8) is 0 Å². The number of ether oxygens (including phenoxy) is 1. The van der Waals surface area contributed by atoms with Gasteiger partial charge in [0.2, 0.25) is 5.91 Å². The predicted octanol–water partition coefficient (Wildman–Crippen LogP) is 5.35. The van der Waals surface area contributed by atoms with Crippen molar-refractivity contribution in [1.29, 1.82) is 0 Å². The summed E-state index contributed by atoms with van der Waals surface area (Å²) >= 11 is 5.99. The quantitative estimate of drug-likeness (QED) is 0.608. The van der Waals surface area contributed by atoms with Gasteiger partial charge in [0.15, 0.2) is 6.61 Å². The summed E-state index contributed by atoms with van der Waals surface area (Å²) < 4.78 is 5.76. The van der Waals surface area contributed by atoms with Crippen molar-refractivity contribution in [1.82, 2.24) is 10.2 Å². The average Bonchev–Trinajstić information content (AvgIpc) is 2.69. The first-order chi connectivity index (χ1) is 14.8. The van der Waals surface area contributed by atoms with Crippen LogP contribution in [0.4, 0.5) is 0 Å². The van der Waals surface area contributed by atoms with E-state index in [0.717, 1.165) is 5.56 Å². The molecule has 5 nitrogen and oxygen atoms in total. The summed E-state index contributed by atoms with van der Waals surface area (Å²) in [6, 6.07) is 14.3. The van der Waals surface area contributed by atoms with Crippen molar-refractivity contribution in [2.24, 2.45) is 0 Å². The van der Waals surface area contributed by atoms with E-state index in [0.29, 0.717) is 10.8 Å². The van der Waals surface area contributed by atoms with E-state index in [9.17, 15) is 9.59 Å². The van der Waals surface area contributed by atoms with Crippen LogP contribution in [0.5, 0.6) is 5.75 Å². The Bertz CT molecular complexity index is 910. The molecular weight excluding hydrogens is 424 g/mol. The number of nitrogens with one attached hydrogen (secondary N) is 1. The van der Waals surface area contributed by atoms with Crippen LogP contribution in [0.2, 0.25) is 5.02 Å². The van der Waals surface area contributed by atoms with Crippen molar-refractivity contribution in [3.05, 3.63) is 64.7 Å². The molecule has 32 heavy (non-hydrogen) atoms. The third kappa shape index (κ3) is 7.86. The van der Waals surface area contributed by atoms with Crippen molar-refractivity contribution in [3.8, 4) is 5.75 Å². The van der Waals surface area contributed by atoms with Crippen molar-refractivity contribution in [2.75, 3.05) is 6.61 Å². The van der Waals surface area contributed by atoms with Gasteiger partial charge in [0.05, 0.1) is 0 Å². The Balaban J connectivity index is 2.15. The molecule has 0 radical (unpaired) electrons. The molecule has 0 aliphatic heterocycles. The Hall–Kier alpha value is -2.53. The number of halogens is 1. The fraction of sp³-hybridized carbons (Fsp3) is 0.462. The molecule has 2 amide bonds. The highest BCUT2D eigenvalue weighted by Crippen LogP contribution is 2.24. The number of amides is 2. The van der Waals surface area contributed by atoms with Gasteiger partial charge >= 0.3 is 0 Å². The normalized spacial score (nSPS) is 12.8. The van der Waals surface area contributed by atoms with Crippen molar-refractivity contribution in [2.45, 2.75) is 72.0 Å². The summed E-state index contributed by atoms with van der Waals surface area (Å²) in [5.41, 5.74) is 1.71. The van der Waals surface area contributed by atoms with Crippen LogP contribution < -0.4 is 10.1 Å². The van der Waals surface area contributed by atoms with Crippen LogP contribution in [0.15, 0.2) is 48.5 Å². The standard InChI is InChI=1S/C26H35ClN2O3/c1-18(24(31)28-26(5,6)7)29(16-19-8-12-21(27)13-9-19)23(30)17-32-22-14-10-20(11-15-22)25(2,3)4/h8-15,18H,16-17H2,1-7H3,(H,28,31)/t18-/m1/s1. The number of hydrogen-bond donors (Lipinski definition) is 1. The second kappa shape index (κ2) is 10.4. The lowest BCUT2D eigenvalue weighted by molar-refractivity contribution is -0.142. The third-order valence-electron chi connectivity index (χ3n) is 5.01. The number of nitrogens with zero attached hydrogens (tertiary/aromatic N) is 1. The molecule has 2 rings (SSSR count). The van der Waals surface area contributed by atoms with E-state index < -0.39 is 11.6 Å². The van der Waals surface area contributed by atoms with Gasteiger partial charge in [-0.25, -0.2) is 0 Å². The molecule has 174 valence electrons. The number of carbonyl (C=O) groups excluding carboxylic acids is 2. The Morgan fingerprint density at radius 1 is 0.969 bits per heavy atom. The first kappa shape index (κ1) is 25.7. The molecule has 2 aromatic rings. The van der Waals surface area contributed by atoms with Gasteiger partial charge in [-0.3, -0.25) is 9.59 Å². The second-order valence-corrected chi connectivity index (χ2v) is 10.6. The maximum atomic E-state index is 13.1. The molecule has 0 unspecified atom stereocenters. The highest BCUT2D eigenvalue weighted by atomic mass is 35.5. The van der Waals surface area contributed by atoms with Crippen LogP contribution >= 0.6 is 11.6 Å². The molecule has 0 saturated heterocycles. The molecule has 6 heteroatoms. The summed E-state index contributed by atoms with van der Waals surface area (Å²) in [6.07, 6.45) is 0. The largest absolute Gasteiger partial charge is 0.484 e. The van der Waals surface area contributed by atoms with Gasteiger partial charge in [-0.1, -0.05) is 56.6 Å². The van der Waals surface area contributed by atoms with Crippen LogP contribution in [0.25, 0.3) is 0 Å². The zero-order chi connectivity index (χ0) is 24.1. The van der Waals surface area contributed by atoms with E-state index >= 15 is 0 Å². The third-order valence-corrected chi connectivity index (χ3v) is 5.27. The van der Waals surface area contributed by atoms with Crippen LogP contribution in [0.1, 0.15) is 59.6 Å². The Labute approximate surface area is 197 Å².